The van der Waals surface area contributed by atoms with Crippen LogP contribution in [0.25, 0.3) is 0 Å². The van der Waals surface area contributed by atoms with Gasteiger partial charge in [0.15, 0.2) is 0 Å². The molecule has 0 atom stereocenters. The molecule has 0 radical (unpaired) electrons. The van der Waals surface area contributed by atoms with Crippen LogP contribution in [0.2, 0.25) is 0 Å². The average Bonchev–Trinajstić information content (AvgIpc) is 2.66. The topological polar surface area (TPSA) is 76.7 Å². The number of methoxy groups -OCH3 is 1. The number of carbonyl (C=O) groups is 2. The normalized spacial score (nSPS) is 10.1. The van der Waals surface area contributed by atoms with Gasteiger partial charge in [-0.1, -0.05) is 18.2 Å². The molecule has 6 nitrogen and oxygen atoms in total. The van der Waals surface area contributed by atoms with Crippen molar-refractivity contribution in [2.45, 2.75) is 6.42 Å². The van der Waals surface area contributed by atoms with E-state index in [-0.39, 0.29) is 18.9 Å². The van der Waals surface area contributed by atoms with Crippen molar-refractivity contribution in [3.8, 4) is 11.5 Å². The lowest BCUT2D eigenvalue weighted by molar-refractivity contribution is -0.125. The summed E-state index contributed by atoms with van der Waals surface area (Å²) in [4.78, 5) is 23.4. The molecular weight excluding hydrogens is 339 g/mol. The van der Waals surface area contributed by atoms with Crippen molar-refractivity contribution in [3.63, 3.8) is 0 Å². The minimum Gasteiger partial charge on any atom is -0.497 e. The first kappa shape index (κ1) is 19.2. The summed E-state index contributed by atoms with van der Waals surface area (Å²) in [6.07, 6.45) is -0.111. The Hall–Kier alpha value is -3.09. The highest BCUT2D eigenvalue weighted by molar-refractivity contribution is 5.85. The van der Waals surface area contributed by atoms with Gasteiger partial charge >= 0.3 is 0 Å². The van der Waals surface area contributed by atoms with Gasteiger partial charge in [0.1, 0.15) is 23.9 Å². The molecule has 0 fully saturated rings. The van der Waals surface area contributed by atoms with Crippen LogP contribution in [-0.2, 0) is 16.0 Å². The summed E-state index contributed by atoms with van der Waals surface area (Å²) in [6.45, 7) is 0.422. The van der Waals surface area contributed by atoms with E-state index in [1.54, 1.807) is 43.5 Å². The second-order valence-electron chi connectivity index (χ2n) is 5.42. The molecule has 138 valence electrons. The molecule has 0 aromatic heterocycles. The number of rotatable bonds is 9. The third-order valence-electron chi connectivity index (χ3n) is 3.51. The fraction of sp³-hybridized carbons (Fsp3) is 0.263. The second-order valence-corrected chi connectivity index (χ2v) is 5.42. The zero-order valence-corrected chi connectivity index (χ0v) is 14.5. The molecule has 7 heteroatoms. The second kappa shape index (κ2) is 10.0. The molecule has 0 unspecified atom stereocenters. The van der Waals surface area contributed by atoms with Crippen LogP contribution in [0, 0.1) is 5.82 Å². The number of carbonyl (C=O) groups excluding carboxylic acids is 2. The van der Waals surface area contributed by atoms with Gasteiger partial charge in [0, 0.05) is 0 Å². The first-order valence-corrected chi connectivity index (χ1v) is 8.12. The maximum Gasteiger partial charge on any atom is 0.239 e. The molecule has 0 saturated carbocycles. The van der Waals surface area contributed by atoms with Crippen LogP contribution >= 0.6 is 0 Å². The van der Waals surface area contributed by atoms with Gasteiger partial charge < -0.3 is 20.1 Å². The molecule has 2 N–H and O–H groups in total. The number of benzene rings is 2. The van der Waals surface area contributed by atoms with Crippen molar-refractivity contribution in [3.05, 3.63) is 59.9 Å². The summed E-state index contributed by atoms with van der Waals surface area (Å²) < 4.78 is 24.0. The van der Waals surface area contributed by atoms with Crippen molar-refractivity contribution in [1.82, 2.24) is 10.6 Å². The number of ether oxygens (including phenoxy) is 2. The first-order valence-electron chi connectivity index (χ1n) is 8.12. The molecular formula is C19H21FN2O4. The Bertz CT molecular complexity index is 735. The van der Waals surface area contributed by atoms with Crippen molar-refractivity contribution in [1.29, 1.82) is 0 Å². The monoisotopic (exact) mass is 360 g/mol. The van der Waals surface area contributed by atoms with E-state index in [0.29, 0.717) is 24.5 Å². The number of nitrogens with one attached hydrogen (secondary N) is 2. The molecule has 2 rings (SSSR count). The number of amides is 2. The standard InChI is InChI=1S/C19H21FN2O4/c1-25-15-6-8-16(9-7-15)26-11-10-21-19(24)13-22-18(23)12-14-4-2-3-5-17(14)20/h2-9H,10-13H2,1H3,(H,21,24)(H,22,23). The number of hydrogen-bond acceptors (Lipinski definition) is 4. The van der Waals surface area contributed by atoms with E-state index < -0.39 is 11.7 Å². The van der Waals surface area contributed by atoms with Gasteiger partial charge in [0.25, 0.3) is 0 Å². The number of hydrogen-bond donors (Lipinski definition) is 2. The van der Waals surface area contributed by atoms with E-state index in [9.17, 15) is 14.0 Å². The molecule has 2 aromatic carbocycles. The Labute approximate surface area is 151 Å². The van der Waals surface area contributed by atoms with Gasteiger partial charge in [-0.05, 0) is 35.9 Å². The fourth-order valence-electron chi connectivity index (χ4n) is 2.15. The molecule has 0 aliphatic heterocycles. The van der Waals surface area contributed by atoms with Crippen LogP contribution in [0.3, 0.4) is 0 Å². The third kappa shape index (κ3) is 6.43. The molecule has 2 aromatic rings. The minimum atomic E-state index is -0.442. The van der Waals surface area contributed by atoms with Crippen molar-refractivity contribution in [2.24, 2.45) is 0 Å². The zero-order chi connectivity index (χ0) is 18.8. The summed E-state index contributed by atoms with van der Waals surface area (Å²) in [7, 11) is 1.58. The third-order valence-corrected chi connectivity index (χ3v) is 3.51. The van der Waals surface area contributed by atoms with Crippen LogP contribution in [0.1, 0.15) is 5.56 Å². The lowest BCUT2D eigenvalue weighted by atomic mass is 10.1. The van der Waals surface area contributed by atoms with E-state index in [0.717, 1.165) is 5.75 Å². The molecule has 0 heterocycles. The van der Waals surface area contributed by atoms with Crippen LogP contribution in [0.4, 0.5) is 4.39 Å². The van der Waals surface area contributed by atoms with E-state index in [4.69, 9.17) is 9.47 Å². The van der Waals surface area contributed by atoms with Gasteiger partial charge in [0.2, 0.25) is 11.8 Å². The predicted molar refractivity (Wildman–Crippen MR) is 94.6 cm³/mol. The Morgan fingerprint density at radius 2 is 1.65 bits per heavy atom. The zero-order valence-electron chi connectivity index (χ0n) is 14.5. The Kier molecular flexibility index (Phi) is 7.42. The smallest absolute Gasteiger partial charge is 0.239 e. The summed E-state index contributed by atoms with van der Waals surface area (Å²) >= 11 is 0. The summed E-state index contributed by atoms with van der Waals surface area (Å²) in [5.74, 6) is 0.197. The van der Waals surface area contributed by atoms with E-state index in [1.807, 2.05) is 0 Å². The van der Waals surface area contributed by atoms with E-state index in [1.165, 1.54) is 12.1 Å². The lowest BCUT2D eigenvalue weighted by Crippen LogP contribution is -2.39. The van der Waals surface area contributed by atoms with Crippen LogP contribution in [0.15, 0.2) is 48.5 Å². The quantitative estimate of drug-likeness (QED) is 0.667. The highest BCUT2D eigenvalue weighted by Crippen LogP contribution is 2.16. The van der Waals surface area contributed by atoms with Gasteiger partial charge in [-0.15, -0.1) is 0 Å². The van der Waals surface area contributed by atoms with Crippen molar-refractivity contribution in [2.75, 3.05) is 26.8 Å². The summed E-state index contributed by atoms with van der Waals surface area (Å²) in [6, 6.07) is 13.1. The largest absolute Gasteiger partial charge is 0.497 e. The highest BCUT2D eigenvalue weighted by Gasteiger charge is 2.09. The molecule has 0 spiro atoms. The van der Waals surface area contributed by atoms with Crippen LogP contribution in [-0.4, -0.2) is 38.6 Å². The first-order chi connectivity index (χ1) is 12.6. The van der Waals surface area contributed by atoms with E-state index >= 15 is 0 Å². The van der Waals surface area contributed by atoms with E-state index in [2.05, 4.69) is 10.6 Å². The molecule has 0 aliphatic rings. The fourth-order valence-corrected chi connectivity index (χ4v) is 2.15. The van der Waals surface area contributed by atoms with Crippen LogP contribution in [0.5, 0.6) is 11.5 Å². The highest BCUT2D eigenvalue weighted by atomic mass is 19.1. The molecule has 0 bridgehead atoms. The van der Waals surface area contributed by atoms with Gasteiger partial charge in [-0.3, -0.25) is 9.59 Å². The van der Waals surface area contributed by atoms with Gasteiger partial charge in [0.05, 0.1) is 26.6 Å². The van der Waals surface area contributed by atoms with Gasteiger partial charge in [-0.2, -0.15) is 0 Å². The molecule has 0 aliphatic carbocycles. The molecule has 2 amide bonds. The Balaban J connectivity index is 1.61. The Morgan fingerprint density at radius 1 is 0.962 bits per heavy atom. The van der Waals surface area contributed by atoms with Crippen LogP contribution < -0.4 is 20.1 Å². The SMILES string of the molecule is COc1ccc(OCCNC(=O)CNC(=O)Cc2ccccc2F)cc1. The number of halogens is 1. The average molecular weight is 360 g/mol. The molecule has 26 heavy (non-hydrogen) atoms. The van der Waals surface area contributed by atoms with Crippen molar-refractivity contribution < 1.29 is 23.5 Å². The van der Waals surface area contributed by atoms with Crippen molar-refractivity contribution >= 4 is 11.8 Å². The predicted octanol–water partition coefficient (Wildman–Crippen LogP) is 1.69. The summed E-state index contributed by atoms with van der Waals surface area (Å²) in [5, 5.41) is 5.09. The Morgan fingerprint density at radius 3 is 2.35 bits per heavy atom. The molecule has 0 saturated heterocycles. The maximum atomic E-state index is 13.5. The summed E-state index contributed by atoms with van der Waals surface area (Å²) in [5.41, 5.74) is 0.290. The lowest BCUT2D eigenvalue weighted by Gasteiger charge is -2.09. The minimum absolute atomic E-state index is 0.111. The maximum absolute atomic E-state index is 13.5. The van der Waals surface area contributed by atoms with Gasteiger partial charge in [-0.25, -0.2) is 4.39 Å².